The molecule has 2 unspecified atom stereocenters. The second kappa shape index (κ2) is 11.1. The van der Waals surface area contributed by atoms with Crippen molar-refractivity contribution in [1.29, 1.82) is 0 Å². The summed E-state index contributed by atoms with van der Waals surface area (Å²) in [5.41, 5.74) is 11.0. The molecule has 5 nitrogen and oxygen atoms in total. The van der Waals surface area contributed by atoms with E-state index in [4.69, 9.17) is 20.5 Å². The van der Waals surface area contributed by atoms with Crippen LogP contribution in [0.4, 0.5) is 0 Å². The number of hydrogen-bond donors (Lipinski definition) is 2. The summed E-state index contributed by atoms with van der Waals surface area (Å²) in [6, 6.07) is 0. The van der Waals surface area contributed by atoms with Gasteiger partial charge in [-0.15, -0.1) is 0 Å². The van der Waals surface area contributed by atoms with E-state index in [1.807, 2.05) is 0 Å². The van der Waals surface area contributed by atoms with E-state index < -0.39 is 8.25 Å². The Hall–Kier alpha value is 1.03. The molecule has 0 saturated carbocycles. The Morgan fingerprint density at radius 1 is 1.00 bits per heavy atom. The van der Waals surface area contributed by atoms with Crippen LogP contribution in [0.5, 0.6) is 0 Å². The van der Waals surface area contributed by atoms with Gasteiger partial charge in [0.15, 0.2) is 0 Å². The van der Waals surface area contributed by atoms with Gasteiger partial charge in [0.1, 0.15) is 0 Å². The summed E-state index contributed by atoms with van der Waals surface area (Å²) < 4.78 is 21.2. The predicted octanol–water partition coefficient (Wildman–Crippen LogP) is 2.33. The van der Waals surface area contributed by atoms with E-state index in [0.29, 0.717) is 13.2 Å². The predicted molar refractivity (Wildman–Crippen MR) is 73.2 cm³/mol. The third kappa shape index (κ3) is 13.1. The molecule has 8 heteroatoms. The van der Waals surface area contributed by atoms with E-state index >= 15 is 0 Å². The lowest BCUT2D eigenvalue weighted by Crippen LogP contribution is -2.11. The summed E-state index contributed by atoms with van der Waals surface area (Å²) in [5.74, 6) is 0. The average molecular weight is 382 g/mol. The first-order valence-electron chi connectivity index (χ1n) is 5.11. The monoisotopic (exact) mass is 380 g/mol. The second-order valence-corrected chi connectivity index (χ2v) is 6.69. The number of rotatable bonds is 10. The van der Waals surface area contributed by atoms with E-state index in [1.165, 1.54) is 0 Å². The van der Waals surface area contributed by atoms with Gasteiger partial charge in [0.2, 0.25) is 0 Å². The van der Waals surface area contributed by atoms with Gasteiger partial charge in [0, 0.05) is 0 Å². The van der Waals surface area contributed by atoms with Crippen LogP contribution in [0, 0.1) is 0 Å². The molecule has 0 aromatic rings. The molecule has 0 radical (unpaired) electrons. The Morgan fingerprint density at radius 2 is 1.38 bits per heavy atom. The molecule has 0 aromatic heterocycles. The van der Waals surface area contributed by atoms with Gasteiger partial charge in [-0.25, -0.2) is 0 Å². The number of halogens is 2. The maximum absolute atomic E-state index is 11.2. The van der Waals surface area contributed by atoms with Gasteiger partial charge >= 0.3 is 8.25 Å². The Bertz CT molecular complexity index is 178. The molecule has 0 bridgehead atoms. The maximum Gasteiger partial charge on any atom is 0.319 e. The zero-order valence-corrected chi connectivity index (χ0v) is 13.2. The Morgan fingerprint density at radius 3 is 1.69 bits per heavy atom. The highest BCUT2D eigenvalue weighted by molar-refractivity contribution is 9.09. The number of hydrogen-bond acceptors (Lipinski definition) is 5. The molecule has 2 atom stereocenters. The lowest BCUT2D eigenvalue weighted by molar-refractivity contribution is 0.219. The fourth-order valence-electron chi connectivity index (χ4n) is 0.909. The van der Waals surface area contributed by atoms with Gasteiger partial charge in [0.05, 0.1) is 23.1 Å². The smallest absolute Gasteiger partial charge is 0.319 e. The summed E-state index contributed by atoms with van der Waals surface area (Å²) in [6.07, 6.45) is 3.10. The molecule has 0 heterocycles. The summed E-state index contributed by atoms with van der Waals surface area (Å²) in [5, 5.41) is 0. The molecule has 98 valence electrons. The molecule has 0 amide bonds. The topological polar surface area (TPSA) is 87.6 Å². The number of nitrogens with two attached hydrogens (primary N) is 2. The molecule has 0 rings (SSSR count). The fraction of sp³-hybridized carbons (Fsp3) is 1.00. The molecule has 0 fully saturated rings. The van der Waals surface area contributed by atoms with Crippen LogP contribution in [-0.2, 0) is 13.6 Å². The molecule has 0 aliphatic rings. The Balaban J connectivity index is 3.25. The van der Waals surface area contributed by atoms with Crippen molar-refractivity contribution in [3.05, 3.63) is 0 Å². The molecule has 16 heavy (non-hydrogen) atoms. The molecule has 4 N–H and O–H groups in total. The average Bonchev–Trinajstić information content (AvgIpc) is 2.19. The van der Waals surface area contributed by atoms with Crippen LogP contribution in [-0.4, -0.2) is 23.1 Å². The van der Waals surface area contributed by atoms with E-state index in [2.05, 4.69) is 31.9 Å². The quantitative estimate of drug-likeness (QED) is 0.262. The molecule has 0 aliphatic heterocycles. The van der Waals surface area contributed by atoms with Crippen molar-refractivity contribution in [2.24, 2.45) is 11.5 Å². The van der Waals surface area contributed by atoms with Crippen molar-refractivity contribution >= 4 is 40.1 Å². The first kappa shape index (κ1) is 17.0. The Labute approximate surface area is 114 Å². The normalized spacial score (nSPS) is 17.0. The van der Waals surface area contributed by atoms with Gasteiger partial charge in [-0.3, -0.25) is 4.57 Å². The van der Waals surface area contributed by atoms with E-state index in [0.717, 1.165) is 25.7 Å². The molecule has 0 spiro atoms. The van der Waals surface area contributed by atoms with Gasteiger partial charge in [0.25, 0.3) is 0 Å². The minimum Gasteiger partial charge on any atom is -0.319 e. The lowest BCUT2D eigenvalue weighted by atomic mass is 10.3. The van der Waals surface area contributed by atoms with Crippen molar-refractivity contribution in [3.8, 4) is 0 Å². The molecule has 0 aliphatic carbocycles. The van der Waals surface area contributed by atoms with Crippen LogP contribution in [0.3, 0.4) is 0 Å². The van der Waals surface area contributed by atoms with Crippen LogP contribution < -0.4 is 11.5 Å². The van der Waals surface area contributed by atoms with E-state index in [-0.39, 0.29) is 9.90 Å². The standard InChI is InChI=1S/C8H19Br2N2O3P/c9-7(11)3-1-5-14-16(13)15-6-2-4-8(10)12/h7-8,16H,1-6,11-12H2. The van der Waals surface area contributed by atoms with Crippen molar-refractivity contribution in [2.45, 2.75) is 35.6 Å². The zero-order chi connectivity index (χ0) is 12.4. The SMILES string of the molecule is NC(Br)CCCO[PH](=O)OCCCC(N)Br. The molecule has 0 saturated heterocycles. The highest BCUT2D eigenvalue weighted by Crippen LogP contribution is 2.24. The van der Waals surface area contributed by atoms with Crippen LogP contribution >= 0.6 is 40.1 Å². The first-order chi connectivity index (χ1) is 7.52. The molecule has 0 aromatic carbocycles. The second-order valence-electron chi connectivity index (χ2n) is 3.26. The van der Waals surface area contributed by atoms with Gasteiger partial charge < -0.3 is 20.5 Å². The van der Waals surface area contributed by atoms with Crippen LogP contribution in [0.25, 0.3) is 0 Å². The minimum absolute atomic E-state index is 0.0280. The third-order valence-electron chi connectivity index (χ3n) is 1.69. The van der Waals surface area contributed by atoms with E-state index in [9.17, 15) is 4.57 Å². The Kier molecular flexibility index (Phi) is 11.9. The first-order valence-corrected chi connectivity index (χ1v) is 8.17. The highest BCUT2D eigenvalue weighted by atomic mass is 79.9. The van der Waals surface area contributed by atoms with Crippen molar-refractivity contribution in [2.75, 3.05) is 13.2 Å². The molecular weight excluding hydrogens is 363 g/mol. The summed E-state index contributed by atoms with van der Waals surface area (Å²) >= 11 is 6.42. The molecular formula is C8H19Br2N2O3P. The third-order valence-corrected chi connectivity index (χ3v) is 3.48. The fourth-order valence-corrected chi connectivity index (χ4v) is 2.26. The number of alkyl halides is 2. The summed E-state index contributed by atoms with van der Waals surface area (Å²) in [7, 11) is -2.35. The maximum atomic E-state index is 11.2. The van der Waals surface area contributed by atoms with Crippen LogP contribution in [0.15, 0.2) is 0 Å². The van der Waals surface area contributed by atoms with Crippen molar-refractivity contribution in [1.82, 2.24) is 0 Å². The van der Waals surface area contributed by atoms with Crippen molar-refractivity contribution < 1.29 is 13.6 Å². The van der Waals surface area contributed by atoms with Crippen molar-refractivity contribution in [3.63, 3.8) is 0 Å². The van der Waals surface area contributed by atoms with Gasteiger partial charge in [-0.2, -0.15) is 0 Å². The summed E-state index contributed by atoms with van der Waals surface area (Å²) in [4.78, 5) is -0.0560. The van der Waals surface area contributed by atoms with Crippen LogP contribution in [0.2, 0.25) is 0 Å². The highest BCUT2D eigenvalue weighted by Gasteiger charge is 2.02. The summed E-state index contributed by atoms with van der Waals surface area (Å²) in [6.45, 7) is 0.824. The van der Waals surface area contributed by atoms with Crippen LogP contribution in [0.1, 0.15) is 25.7 Å². The van der Waals surface area contributed by atoms with Gasteiger partial charge in [-0.1, -0.05) is 31.9 Å². The minimum atomic E-state index is -2.35. The van der Waals surface area contributed by atoms with Gasteiger partial charge in [-0.05, 0) is 25.7 Å². The van der Waals surface area contributed by atoms with E-state index in [1.54, 1.807) is 0 Å². The largest absolute Gasteiger partial charge is 0.319 e. The zero-order valence-electron chi connectivity index (χ0n) is 9.03. The lowest BCUT2D eigenvalue weighted by Gasteiger charge is -2.07.